The monoisotopic (exact) mass is 380 g/mol. The molecule has 0 saturated carbocycles. The second-order valence-corrected chi connectivity index (χ2v) is 8.14. The predicted octanol–water partition coefficient (Wildman–Crippen LogP) is 3.56. The molecule has 28 heavy (non-hydrogen) atoms. The molecule has 0 spiro atoms. The summed E-state index contributed by atoms with van der Waals surface area (Å²) >= 11 is 0. The molecule has 2 aliphatic heterocycles. The first-order valence-corrected chi connectivity index (χ1v) is 10.9. The number of hydrogen-bond donors (Lipinski definition) is 0. The van der Waals surface area contributed by atoms with E-state index < -0.39 is 0 Å². The summed E-state index contributed by atoms with van der Waals surface area (Å²) in [6.45, 7) is 7.91. The van der Waals surface area contributed by atoms with Crippen molar-refractivity contribution in [2.24, 2.45) is 0 Å². The van der Waals surface area contributed by atoms with Gasteiger partial charge < -0.3 is 9.80 Å². The van der Waals surface area contributed by atoms with Gasteiger partial charge in [0.25, 0.3) is 5.91 Å². The summed E-state index contributed by atoms with van der Waals surface area (Å²) in [5.41, 5.74) is 3.33. The van der Waals surface area contributed by atoms with Crippen molar-refractivity contribution >= 4 is 5.91 Å². The zero-order valence-electron chi connectivity index (χ0n) is 17.0. The number of nitrogens with zero attached hydrogens (tertiary/aromatic N) is 4. The van der Waals surface area contributed by atoms with Crippen LogP contribution in [0.15, 0.2) is 36.4 Å². The molecule has 3 heterocycles. The lowest BCUT2D eigenvalue weighted by Gasteiger charge is -2.32. The van der Waals surface area contributed by atoms with Crippen molar-refractivity contribution < 1.29 is 4.79 Å². The molecule has 1 saturated heterocycles. The van der Waals surface area contributed by atoms with Gasteiger partial charge in [0.2, 0.25) is 0 Å². The topological polar surface area (TPSA) is 41.4 Å². The van der Waals surface area contributed by atoms with Crippen LogP contribution in [0.3, 0.4) is 0 Å². The van der Waals surface area contributed by atoms with Gasteiger partial charge in [-0.15, -0.1) is 0 Å². The van der Waals surface area contributed by atoms with Crippen LogP contribution in [-0.2, 0) is 13.0 Å². The number of aromatic nitrogens is 2. The minimum Gasteiger partial charge on any atom is -0.338 e. The highest BCUT2D eigenvalue weighted by Crippen LogP contribution is 2.28. The van der Waals surface area contributed by atoms with E-state index in [0.29, 0.717) is 5.92 Å². The molecule has 0 aliphatic carbocycles. The number of piperidine rings is 1. The highest BCUT2D eigenvalue weighted by atomic mass is 16.2. The predicted molar refractivity (Wildman–Crippen MR) is 112 cm³/mol. The lowest BCUT2D eigenvalue weighted by molar-refractivity contribution is 0.0766. The van der Waals surface area contributed by atoms with Crippen molar-refractivity contribution in [2.75, 3.05) is 32.7 Å². The average Bonchev–Trinajstić information content (AvgIpc) is 3.10. The van der Waals surface area contributed by atoms with E-state index in [1.165, 1.54) is 31.4 Å². The van der Waals surface area contributed by atoms with Gasteiger partial charge in [-0.2, -0.15) is 5.10 Å². The minimum absolute atomic E-state index is 0.147. The molecule has 0 radical (unpaired) electrons. The van der Waals surface area contributed by atoms with Crippen LogP contribution in [0, 0.1) is 0 Å². The van der Waals surface area contributed by atoms with E-state index in [0.717, 1.165) is 57.0 Å². The fourth-order valence-electron chi connectivity index (χ4n) is 4.61. The van der Waals surface area contributed by atoms with Crippen molar-refractivity contribution in [3.8, 4) is 0 Å². The van der Waals surface area contributed by atoms with Crippen LogP contribution in [0.5, 0.6) is 0 Å². The van der Waals surface area contributed by atoms with Crippen LogP contribution >= 0.6 is 0 Å². The first-order valence-electron chi connectivity index (χ1n) is 10.9. The SMILES string of the molecule is CCN1CCCn2nc(C3CCCN(CCCc4ccccc4)C3)cc2C1=O. The number of carbonyl (C=O) groups is 1. The smallest absolute Gasteiger partial charge is 0.272 e. The number of carbonyl (C=O) groups excluding carboxylic acids is 1. The first kappa shape index (κ1) is 19.2. The second kappa shape index (κ2) is 8.91. The van der Waals surface area contributed by atoms with Crippen LogP contribution in [0.1, 0.15) is 60.3 Å². The molecule has 1 atom stereocenters. The van der Waals surface area contributed by atoms with E-state index in [-0.39, 0.29) is 5.91 Å². The summed E-state index contributed by atoms with van der Waals surface area (Å²) in [5.74, 6) is 0.599. The highest BCUT2D eigenvalue weighted by Gasteiger charge is 2.28. The molecule has 0 bridgehead atoms. The largest absolute Gasteiger partial charge is 0.338 e. The number of fused-ring (bicyclic) bond motifs is 1. The molecule has 4 rings (SSSR count). The Labute approximate surface area is 168 Å². The van der Waals surface area contributed by atoms with Gasteiger partial charge in [-0.25, -0.2) is 0 Å². The minimum atomic E-state index is 0.147. The molecule has 5 heteroatoms. The molecular weight excluding hydrogens is 348 g/mol. The highest BCUT2D eigenvalue weighted by molar-refractivity contribution is 5.93. The molecule has 1 amide bonds. The van der Waals surface area contributed by atoms with E-state index in [1.807, 2.05) is 9.58 Å². The number of amides is 1. The van der Waals surface area contributed by atoms with E-state index in [4.69, 9.17) is 5.10 Å². The fourth-order valence-corrected chi connectivity index (χ4v) is 4.61. The third-order valence-electron chi connectivity index (χ3n) is 6.19. The van der Waals surface area contributed by atoms with Gasteiger partial charge in [0, 0.05) is 32.1 Å². The average molecular weight is 381 g/mol. The van der Waals surface area contributed by atoms with Crippen molar-refractivity contribution in [3.05, 3.63) is 53.3 Å². The van der Waals surface area contributed by atoms with Gasteiger partial charge in [-0.1, -0.05) is 30.3 Å². The maximum Gasteiger partial charge on any atom is 0.272 e. The Hall–Kier alpha value is -2.14. The molecule has 2 aliphatic rings. The van der Waals surface area contributed by atoms with Gasteiger partial charge in [0.15, 0.2) is 0 Å². The van der Waals surface area contributed by atoms with Crippen LogP contribution in [-0.4, -0.2) is 58.2 Å². The van der Waals surface area contributed by atoms with E-state index >= 15 is 0 Å². The van der Waals surface area contributed by atoms with E-state index in [9.17, 15) is 4.79 Å². The lowest BCUT2D eigenvalue weighted by atomic mass is 9.94. The third-order valence-corrected chi connectivity index (χ3v) is 6.19. The summed E-state index contributed by atoms with van der Waals surface area (Å²) < 4.78 is 1.96. The molecule has 5 nitrogen and oxygen atoms in total. The summed E-state index contributed by atoms with van der Waals surface area (Å²) in [6.07, 6.45) is 5.72. The molecule has 1 unspecified atom stereocenters. The van der Waals surface area contributed by atoms with Crippen molar-refractivity contribution in [1.29, 1.82) is 0 Å². The van der Waals surface area contributed by atoms with Crippen LogP contribution < -0.4 is 0 Å². The zero-order valence-corrected chi connectivity index (χ0v) is 17.0. The van der Waals surface area contributed by atoms with Crippen molar-refractivity contribution in [2.45, 2.75) is 51.5 Å². The van der Waals surface area contributed by atoms with Crippen molar-refractivity contribution in [1.82, 2.24) is 19.6 Å². The molecule has 1 aromatic carbocycles. The molecule has 150 valence electrons. The van der Waals surface area contributed by atoms with Gasteiger partial charge in [-0.3, -0.25) is 9.48 Å². The van der Waals surface area contributed by atoms with Gasteiger partial charge in [-0.05, 0) is 63.7 Å². The van der Waals surface area contributed by atoms with E-state index in [2.05, 4.69) is 48.2 Å². The van der Waals surface area contributed by atoms with Crippen LogP contribution in [0.4, 0.5) is 0 Å². The summed E-state index contributed by atoms with van der Waals surface area (Å²) in [4.78, 5) is 17.3. The Morgan fingerprint density at radius 2 is 1.96 bits per heavy atom. The maximum absolute atomic E-state index is 12.8. The van der Waals surface area contributed by atoms with Crippen molar-refractivity contribution in [3.63, 3.8) is 0 Å². The number of rotatable bonds is 6. The Morgan fingerprint density at radius 3 is 2.79 bits per heavy atom. The molecule has 0 N–H and O–H groups in total. The molecule has 2 aromatic rings. The standard InChI is InChI=1S/C23H32N4O/c1-2-26-15-8-16-27-22(23(26)28)17-21(24-27)20-12-7-14-25(18-20)13-6-11-19-9-4-3-5-10-19/h3-5,9-10,17,20H,2,6-8,11-16,18H2,1H3. The summed E-state index contributed by atoms with van der Waals surface area (Å²) in [5, 5.41) is 4.86. The quantitative estimate of drug-likeness (QED) is 0.769. The van der Waals surface area contributed by atoms with Gasteiger partial charge in [0.1, 0.15) is 5.69 Å². The Balaban J connectivity index is 1.37. The summed E-state index contributed by atoms with van der Waals surface area (Å²) in [7, 11) is 0. The van der Waals surface area contributed by atoms with Gasteiger partial charge in [0.05, 0.1) is 5.69 Å². The van der Waals surface area contributed by atoms with Crippen LogP contribution in [0.2, 0.25) is 0 Å². The Bertz CT molecular complexity index is 785. The summed E-state index contributed by atoms with van der Waals surface area (Å²) in [6, 6.07) is 12.8. The van der Waals surface area contributed by atoms with Gasteiger partial charge >= 0.3 is 0 Å². The molecule has 1 fully saturated rings. The maximum atomic E-state index is 12.8. The Kier molecular flexibility index (Phi) is 6.10. The fraction of sp³-hybridized carbons (Fsp3) is 0.565. The number of hydrogen-bond acceptors (Lipinski definition) is 3. The molecular formula is C23H32N4O. The first-order chi connectivity index (χ1) is 13.7. The number of likely N-dealkylation sites (tertiary alicyclic amines) is 1. The second-order valence-electron chi connectivity index (χ2n) is 8.14. The lowest BCUT2D eigenvalue weighted by Crippen LogP contribution is -2.35. The molecule has 1 aromatic heterocycles. The number of benzene rings is 1. The number of aryl methyl sites for hydroxylation is 2. The van der Waals surface area contributed by atoms with E-state index in [1.54, 1.807) is 0 Å². The van der Waals surface area contributed by atoms with Crippen LogP contribution in [0.25, 0.3) is 0 Å². The third kappa shape index (κ3) is 4.30. The zero-order chi connectivity index (χ0) is 19.3. The Morgan fingerprint density at radius 1 is 1.11 bits per heavy atom. The normalized spacial score (nSPS) is 20.8.